The summed E-state index contributed by atoms with van der Waals surface area (Å²) in [6.45, 7) is 6.95. The molecule has 3 N–H and O–H groups in total. The van der Waals surface area contributed by atoms with Gasteiger partial charge in [-0.1, -0.05) is 33.6 Å². The van der Waals surface area contributed by atoms with E-state index < -0.39 is 29.2 Å². The maximum Gasteiger partial charge on any atom is 0.407 e. The van der Waals surface area contributed by atoms with Gasteiger partial charge in [0.05, 0.1) is 12.6 Å². The molecule has 1 saturated carbocycles. The molecule has 3 amide bonds. The van der Waals surface area contributed by atoms with Crippen molar-refractivity contribution in [3.8, 4) is 0 Å². The third-order valence-electron chi connectivity index (χ3n) is 5.77. The second-order valence-electron chi connectivity index (χ2n) is 8.88. The van der Waals surface area contributed by atoms with E-state index in [0.717, 1.165) is 19.3 Å². The van der Waals surface area contributed by atoms with E-state index in [1.165, 1.54) is 0 Å². The fraction of sp³-hybridized carbons (Fsp3) is 0.810. The molecule has 0 spiro atoms. The Morgan fingerprint density at radius 3 is 2.50 bits per heavy atom. The molecule has 0 aromatic carbocycles. The minimum absolute atomic E-state index is 0.120. The fourth-order valence-corrected chi connectivity index (χ4v) is 4.13. The highest BCUT2D eigenvalue weighted by Crippen LogP contribution is 2.42. The Balaban J connectivity index is 1.88. The van der Waals surface area contributed by atoms with Gasteiger partial charge in [-0.25, -0.2) is 4.79 Å². The summed E-state index contributed by atoms with van der Waals surface area (Å²) >= 11 is 3.87. The topological polar surface area (TPSA) is 114 Å². The quantitative estimate of drug-likeness (QED) is 0.346. The minimum Gasteiger partial charge on any atom is -0.449 e. The zero-order chi connectivity index (χ0) is 22.3. The lowest BCUT2D eigenvalue weighted by molar-refractivity contribution is -0.128. The van der Waals surface area contributed by atoms with Crippen molar-refractivity contribution >= 4 is 35.7 Å². The van der Waals surface area contributed by atoms with Gasteiger partial charge in [0.1, 0.15) is 6.04 Å². The summed E-state index contributed by atoms with van der Waals surface area (Å²) in [7, 11) is 0. The number of carbonyl (C=O) groups is 4. The van der Waals surface area contributed by atoms with Gasteiger partial charge in [0.25, 0.3) is 0 Å². The Bertz CT molecular complexity index is 642. The summed E-state index contributed by atoms with van der Waals surface area (Å²) in [4.78, 5) is 48.8. The molecule has 5 atom stereocenters. The molecule has 0 unspecified atom stereocenters. The first-order valence-corrected chi connectivity index (χ1v) is 11.4. The molecule has 1 heterocycles. The monoisotopic (exact) mass is 441 g/mol. The summed E-state index contributed by atoms with van der Waals surface area (Å²) in [6, 6.07) is -1.71. The predicted octanol–water partition coefficient (Wildman–Crippen LogP) is 2.03. The third kappa shape index (κ3) is 7.81. The van der Waals surface area contributed by atoms with Crippen molar-refractivity contribution in [2.75, 3.05) is 13.2 Å². The highest BCUT2D eigenvalue weighted by molar-refractivity contribution is 7.96. The van der Waals surface area contributed by atoms with Crippen LogP contribution in [0.2, 0.25) is 0 Å². The molecule has 1 aliphatic carbocycles. The highest BCUT2D eigenvalue weighted by atomic mass is 32.1. The number of alkyl carbamates (subject to hydrolysis) is 1. The number of amides is 3. The molecular weight excluding hydrogens is 406 g/mol. The van der Waals surface area contributed by atoms with Gasteiger partial charge in [-0.3, -0.25) is 14.4 Å². The molecule has 2 fully saturated rings. The largest absolute Gasteiger partial charge is 0.449 e. The molecule has 1 saturated heterocycles. The molecular formula is C21H35N3O5S. The van der Waals surface area contributed by atoms with Crippen LogP contribution in [0.1, 0.15) is 59.3 Å². The molecule has 0 aromatic rings. The van der Waals surface area contributed by atoms with Crippen LogP contribution >= 0.6 is 12.6 Å². The first kappa shape index (κ1) is 24.5. The summed E-state index contributed by atoms with van der Waals surface area (Å²) in [6.07, 6.45) is 3.94. The Kier molecular flexibility index (Phi) is 9.45. The minimum atomic E-state index is -0.886. The lowest BCUT2D eigenvalue weighted by Crippen LogP contribution is -2.52. The number of hydrogen-bond acceptors (Lipinski definition) is 5. The van der Waals surface area contributed by atoms with E-state index in [1.54, 1.807) is 0 Å². The van der Waals surface area contributed by atoms with Crippen LogP contribution in [0.25, 0.3) is 0 Å². The number of rotatable bonds is 12. The van der Waals surface area contributed by atoms with Crippen LogP contribution in [0.5, 0.6) is 0 Å². The average Bonchev–Trinajstić information content (AvgIpc) is 3.29. The van der Waals surface area contributed by atoms with Crippen molar-refractivity contribution in [2.24, 2.45) is 23.7 Å². The van der Waals surface area contributed by atoms with Gasteiger partial charge in [-0.05, 0) is 43.4 Å². The summed E-state index contributed by atoms with van der Waals surface area (Å²) < 4.78 is 5.31. The van der Waals surface area contributed by atoms with Crippen LogP contribution in [0.4, 0.5) is 4.79 Å². The fourth-order valence-electron chi connectivity index (χ4n) is 3.96. The molecule has 2 rings (SSSR count). The SMILES string of the molecule is CCC[C@@H]1C[C@H]1COC(=O)N[C@@H](CC(C)C)C(=O)N[C@@H](C[C@@H]1CCNC1=O)C(=O)S. The molecule has 170 valence electrons. The maximum atomic E-state index is 12.8. The van der Waals surface area contributed by atoms with Crippen molar-refractivity contribution in [3.05, 3.63) is 0 Å². The van der Waals surface area contributed by atoms with Crippen molar-refractivity contribution in [2.45, 2.75) is 71.4 Å². The maximum absolute atomic E-state index is 12.8. The van der Waals surface area contributed by atoms with Gasteiger partial charge in [-0.2, -0.15) is 0 Å². The van der Waals surface area contributed by atoms with E-state index in [0.29, 0.717) is 37.8 Å². The second-order valence-corrected chi connectivity index (χ2v) is 9.32. The van der Waals surface area contributed by atoms with Crippen LogP contribution in [-0.2, 0) is 19.1 Å². The lowest BCUT2D eigenvalue weighted by Gasteiger charge is -2.24. The Labute approximate surface area is 184 Å². The van der Waals surface area contributed by atoms with Crippen molar-refractivity contribution in [1.82, 2.24) is 16.0 Å². The molecule has 8 nitrogen and oxygen atoms in total. The van der Waals surface area contributed by atoms with Crippen LogP contribution < -0.4 is 16.0 Å². The zero-order valence-corrected chi connectivity index (χ0v) is 19.0. The molecule has 9 heteroatoms. The first-order chi connectivity index (χ1) is 14.2. The molecule has 1 aliphatic heterocycles. The van der Waals surface area contributed by atoms with Crippen LogP contribution in [0.3, 0.4) is 0 Å². The van der Waals surface area contributed by atoms with Crippen molar-refractivity contribution in [1.29, 1.82) is 0 Å². The summed E-state index contributed by atoms with van der Waals surface area (Å²) in [5.41, 5.74) is 0. The standard InChI is InChI=1S/C21H35N3O5S/c1-4-5-13-9-15(13)11-29-21(28)24-16(8-12(2)3)19(26)23-17(20(27)30)10-14-6-7-22-18(14)25/h12-17H,4-11H2,1-3H3,(H,22,25)(H,23,26)(H,24,28)(H,27,30)/t13-,14+,15+,16+,17+/m1/s1. The smallest absolute Gasteiger partial charge is 0.407 e. The normalized spacial score (nSPS) is 24.7. The Morgan fingerprint density at radius 1 is 1.20 bits per heavy atom. The summed E-state index contributed by atoms with van der Waals surface area (Å²) in [5.74, 6) is 0.267. The predicted molar refractivity (Wildman–Crippen MR) is 116 cm³/mol. The van der Waals surface area contributed by atoms with Gasteiger partial charge in [0, 0.05) is 12.5 Å². The van der Waals surface area contributed by atoms with Gasteiger partial charge in [0.15, 0.2) is 0 Å². The number of ether oxygens (including phenoxy) is 1. The third-order valence-corrected chi connectivity index (χ3v) is 6.08. The average molecular weight is 442 g/mol. The summed E-state index contributed by atoms with van der Waals surface area (Å²) in [5, 5.41) is 7.51. The van der Waals surface area contributed by atoms with Gasteiger partial charge >= 0.3 is 6.09 Å². The van der Waals surface area contributed by atoms with Crippen LogP contribution in [-0.4, -0.2) is 48.3 Å². The lowest BCUT2D eigenvalue weighted by atomic mass is 9.98. The van der Waals surface area contributed by atoms with Gasteiger partial charge in [-0.15, -0.1) is 12.6 Å². The van der Waals surface area contributed by atoms with Crippen LogP contribution in [0, 0.1) is 23.7 Å². The van der Waals surface area contributed by atoms with Crippen molar-refractivity contribution < 1.29 is 23.9 Å². The molecule has 30 heavy (non-hydrogen) atoms. The first-order valence-electron chi connectivity index (χ1n) is 10.9. The van der Waals surface area contributed by atoms with E-state index in [1.807, 2.05) is 13.8 Å². The highest BCUT2D eigenvalue weighted by Gasteiger charge is 2.37. The number of nitrogens with one attached hydrogen (secondary N) is 3. The van der Waals surface area contributed by atoms with Crippen LogP contribution in [0.15, 0.2) is 0 Å². The number of carbonyl (C=O) groups excluding carboxylic acids is 4. The molecule has 0 bridgehead atoms. The number of hydrogen-bond donors (Lipinski definition) is 4. The Hall–Kier alpha value is -1.77. The second kappa shape index (κ2) is 11.6. The Morgan fingerprint density at radius 2 is 1.93 bits per heavy atom. The van der Waals surface area contributed by atoms with E-state index in [9.17, 15) is 19.2 Å². The molecule has 0 aromatic heterocycles. The van der Waals surface area contributed by atoms with E-state index >= 15 is 0 Å². The molecule has 0 radical (unpaired) electrons. The zero-order valence-electron chi connectivity index (χ0n) is 18.1. The van der Waals surface area contributed by atoms with Gasteiger partial charge < -0.3 is 20.7 Å². The van der Waals surface area contributed by atoms with E-state index in [-0.39, 0.29) is 24.2 Å². The van der Waals surface area contributed by atoms with Gasteiger partial charge in [0.2, 0.25) is 16.9 Å². The van der Waals surface area contributed by atoms with E-state index in [2.05, 4.69) is 35.5 Å². The number of thiol groups is 1. The van der Waals surface area contributed by atoms with Crippen molar-refractivity contribution in [3.63, 3.8) is 0 Å². The van der Waals surface area contributed by atoms with E-state index in [4.69, 9.17) is 4.74 Å². The molecule has 2 aliphatic rings.